The zero-order valence-corrected chi connectivity index (χ0v) is 17.2. The molecule has 0 N–H and O–H groups in total. The molecule has 0 saturated carbocycles. The van der Waals surface area contributed by atoms with Crippen LogP contribution in [0.3, 0.4) is 0 Å². The van der Waals surface area contributed by atoms with Crippen molar-refractivity contribution in [1.29, 1.82) is 0 Å². The topological polar surface area (TPSA) is 6.48 Å². The Balaban J connectivity index is 1.74. The van der Waals surface area contributed by atoms with Crippen molar-refractivity contribution in [2.24, 2.45) is 5.41 Å². The van der Waals surface area contributed by atoms with Crippen molar-refractivity contribution in [2.75, 3.05) is 31.1 Å². The van der Waals surface area contributed by atoms with Crippen molar-refractivity contribution in [3.05, 3.63) is 47.5 Å². The molecular weight excluding hydrogens is 360 g/mol. The first-order valence-corrected chi connectivity index (χ1v) is 10.9. The summed E-state index contributed by atoms with van der Waals surface area (Å²) in [6.45, 7) is 9.26. The van der Waals surface area contributed by atoms with Crippen molar-refractivity contribution in [1.82, 2.24) is 4.90 Å². The molecule has 26 heavy (non-hydrogen) atoms. The van der Waals surface area contributed by atoms with Gasteiger partial charge in [0.25, 0.3) is 0 Å². The lowest BCUT2D eigenvalue weighted by Crippen LogP contribution is -2.38. The number of hydrogen-bond donors (Lipinski definition) is 0. The highest BCUT2D eigenvalue weighted by molar-refractivity contribution is 7.99. The molecule has 0 unspecified atom stereocenters. The maximum absolute atomic E-state index is 6.38. The Morgan fingerprint density at radius 2 is 1.88 bits per heavy atom. The molecule has 4 heteroatoms. The number of hydrogen-bond acceptors (Lipinski definition) is 3. The highest BCUT2D eigenvalue weighted by atomic mass is 35.5. The van der Waals surface area contributed by atoms with E-state index in [1.54, 1.807) is 0 Å². The Hall–Kier alpha value is -1.16. The monoisotopic (exact) mass is 386 g/mol. The standard InChI is InChI=1S/C22H27ClN2S/c1-3-11-22(12-13-24(4-2)15-22)16-25-18-7-5-6-8-20(18)26-21-10-9-17(23)14-19(21)25/h5-10,14H,3-4,11-13,15-16H2,1-2H3/t22-/m1/s1. The van der Waals surface area contributed by atoms with Crippen LogP contribution in [-0.2, 0) is 0 Å². The van der Waals surface area contributed by atoms with E-state index in [4.69, 9.17) is 11.6 Å². The van der Waals surface area contributed by atoms with E-state index in [1.807, 2.05) is 17.8 Å². The van der Waals surface area contributed by atoms with Crippen LogP contribution in [0.4, 0.5) is 11.4 Å². The first-order chi connectivity index (χ1) is 12.6. The minimum Gasteiger partial charge on any atom is -0.339 e. The third-order valence-electron chi connectivity index (χ3n) is 5.83. The molecule has 2 aromatic carbocycles. The van der Waals surface area contributed by atoms with Gasteiger partial charge in [0.15, 0.2) is 0 Å². The molecule has 2 aliphatic rings. The van der Waals surface area contributed by atoms with Crippen LogP contribution in [-0.4, -0.2) is 31.1 Å². The predicted octanol–water partition coefficient (Wildman–Crippen LogP) is 6.45. The number of benzene rings is 2. The fraction of sp³-hybridized carbons (Fsp3) is 0.455. The van der Waals surface area contributed by atoms with Crippen LogP contribution < -0.4 is 4.90 Å². The summed E-state index contributed by atoms with van der Waals surface area (Å²) in [5.74, 6) is 0. The molecule has 0 amide bonds. The quantitative estimate of drug-likeness (QED) is 0.582. The first-order valence-electron chi connectivity index (χ1n) is 9.70. The Labute approximate surface area is 166 Å². The predicted molar refractivity (Wildman–Crippen MR) is 113 cm³/mol. The molecule has 0 spiro atoms. The number of fused-ring (bicyclic) bond motifs is 2. The second kappa shape index (κ2) is 7.46. The molecule has 0 radical (unpaired) electrons. The smallest absolute Gasteiger partial charge is 0.0567 e. The average Bonchev–Trinajstić information content (AvgIpc) is 3.05. The van der Waals surface area contributed by atoms with Gasteiger partial charge in [-0.3, -0.25) is 0 Å². The van der Waals surface area contributed by atoms with Crippen LogP contribution in [0.15, 0.2) is 52.3 Å². The number of para-hydroxylation sites is 1. The second-order valence-electron chi connectivity index (χ2n) is 7.64. The molecule has 1 fully saturated rings. The van der Waals surface area contributed by atoms with Gasteiger partial charge in [0.1, 0.15) is 0 Å². The van der Waals surface area contributed by atoms with Crippen molar-refractivity contribution >= 4 is 34.7 Å². The van der Waals surface area contributed by atoms with Gasteiger partial charge < -0.3 is 9.80 Å². The van der Waals surface area contributed by atoms with E-state index in [0.717, 1.165) is 18.1 Å². The van der Waals surface area contributed by atoms with E-state index in [1.165, 1.54) is 53.5 Å². The van der Waals surface area contributed by atoms with Crippen molar-refractivity contribution < 1.29 is 0 Å². The third kappa shape index (κ3) is 3.37. The van der Waals surface area contributed by atoms with Crippen LogP contribution in [0, 0.1) is 5.41 Å². The van der Waals surface area contributed by atoms with E-state index in [-0.39, 0.29) is 0 Å². The first kappa shape index (κ1) is 18.2. The van der Waals surface area contributed by atoms with Crippen LogP contribution >= 0.6 is 23.4 Å². The van der Waals surface area contributed by atoms with E-state index >= 15 is 0 Å². The van der Waals surface area contributed by atoms with Crippen LogP contribution in [0.25, 0.3) is 0 Å². The maximum atomic E-state index is 6.38. The summed E-state index contributed by atoms with van der Waals surface area (Å²) in [4.78, 5) is 7.81. The normalized spacial score (nSPS) is 22.3. The summed E-state index contributed by atoms with van der Waals surface area (Å²) < 4.78 is 0. The summed E-state index contributed by atoms with van der Waals surface area (Å²) in [5, 5.41) is 0.819. The fourth-order valence-electron chi connectivity index (χ4n) is 4.55. The van der Waals surface area contributed by atoms with Gasteiger partial charge in [-0.2, -0.15) is 0 Å². The average molecular weight is 387 g/mol. The molecule has 1 saturated heterocycles. The Morgan fingerprint density at radius 3 is 2.65 bits per heavy atom. The number of anilines is 2. The van der Waals surface area contributed by atoms with Gasteiger partial charge in [0, 0.05) is 33.3 Å². The number of nitrogens with zero attached hydrogens (tertiary/aromatic N) is 2. The largest absolute Gasteiger partial charge is 0.339 e. The molecule has 1 atom stereocenters. The minimum atomic E-state index is 0.361. The molecule has 4 rings (SSSR count). The fourth-order valence-corrected chi connectivity index (χ4v) is 5.79. The van der Waals surface area contributed by atoms with E-state index < -0.39 is 0 Å². The van der Waals surface area contributed by atoms with Crippen LogP contribution in [0.2, 0.25) is 5.02 Å². The molecule has 2 nitrogen and oxygen atoms in total. The van der Waals surface area contributed by atoms with Crippen LogP contribution in [0.5, 0.6) is 0 Å². The summed E-state index contributed by atoms with van der Waals surface area (Å²) in [6, 6.07) is 15.1. The second-order valence-corrected chi connectivity index (χ2v) is 9.16. The molecule has 2 aromatic rings. The van der Waals surface area contributed by atoms with Gasteiger partial charge in [-0.05, 0) is 56.3 Å². The molecular formula is C22H27ClN2S. The zero-order valence-electron chi connectivity index (χ0n) is 15.7. The summed E-state index contributed by atoms with van der Waals surface area (Å²) in [5.41, 5.74) is 2.96. The molecule has 0 aliphatic carbocycles. The van der Waals surface area contributed by atoms with Crippen molar-refractivity contribution in [2.45, 2.75) is 42.9 Å². The van der Waals surface area contributed by atoms with Gasteiger partial charge in [-0.25, -0.2) is 0 Å². The van der Waals surface area contributed by atoms with Gasteiger partial charge in [-0.1, -0.05) is 55.8 Å². The molecule has 0 bridgehead atoms. The number of rotatable bonds is 5. The van der Waals surface area contributed by atoms with Crippen LogP contribution in [0.1, 0.15) is 33.1 Å². The lowest BCUT2D eigenvalue weighted by Gasteiger charge is -2.40. The van der Waals surface area contributed by atoms with Crippen molar-refractivity contribution in [3.8, 4) is 0 Å². The molecule has 138 valence electrons. The lowest BCUT2D eigenvalue weighted by atomic mass is 9.81. The van der Waals surface area contributed by atoms with Gasteiger partial charge in [-0.15, -0.1) is 0 Å². The van der Waals surface area contributed by atoms with Gasteiger partial charge in [0.2, 0.25) is 0 Å². The Kier molecular flexibility index (Phi) is 5.22. The lowest BCUT2D eigenvalue weighted by molar-refractivity contribution is 0.251. The molecule has 0 aromatic heterocycles. The number of halogens is 1. The summed E-state index contributed by atoms with van der Waals surface area (Å²) in [6.07, 6.45) is 3.81. The Bertz CT molecular complexity index is 793. The Morgan fingerprint density at radius 1 is 1.08 bits per heavy atom. The highest BCUT2D eigenvalue weighted by Gasteiger charge is 2.40. The number of likely N-dealkylation sites (tertiary alicyclic amines) is 1. The van der Waals surface area contributed by atoms with E-state index in [0.29, 0.717) is 5.41 Å². The van der Waals surface area contributed by atoms with E-state index in [9.17, 15) is 0 Å². The van der Waals surface area contributed by atoms with Gasteiger partial charge >= 0.3 is 0 Å². The van der Waals surface area contributed by atoms with Crippen molar-refractivity contribution in [3.63, 3.8) is 0 Å². The third-order valence-corrected chi connectivity index (χ3v) is 7.19. The maximum Gasteiger partial charge on any atom is 0.0567 e. The summed E-state index contributed by atoms with van der Waals surface area (Å²) in [7, 11) is 0. The summed E-state index contributed by atoms with van der Waals surface area (Å²) >= 11 is 8.24. The van der Waals surface area contributed by atoms with Gasteiger partial charge in [0.05, 0.1) is 11.4 Å². The molecule has 2 heterocycles. The van der Waals surface area contributed by atoms with E-state index in [2.05, 4.69) is 60.0 Å². The SMILES string of the molecule is CCC[C@@]1(CN2c3ccccc3Sc3ccc(Cl)cc32)CCN(CC)C1. The highest BCUT2D eigenvalue weighted by Crippen LogP contribution is 2.50. The molecule has 2 aliphatic heterocycles. The minimum absolute atomic E-state index is 0.361. The zero-order chi connectivity index (χ0) is 18.1.